The lowest BCUT2D eigenvalue weighted by molar-refractivity contribution is -0.122. The molecule has 1 N–H and O–H groups in total. The van der Waals surface area contributed by atoms with Gasteiger partial charge in [-0.05, 0) is 29.0 Å². The van der Waals surface area contributed by atoms with Crippen molar-refractivity contribution in [2.24, 2.45) is 5.92 Å². The zero-order valence-corrected chi connectivity index (χ0v) is 17.0. The minimum absolute atomic E-state index is 0.0281. The Bertz CT molecular complexity index is 862. The van der Waals surface area contributed by atoms with Crippen LogP contribution in [0.2, 0.25) is 0 Å². The van der Waals surface area contributed by atoms with Crippen molar-refractivity contribution in [3.63, 3.8) is 0 Å². The van der Waals surface area contributed by atoms with Gasteiger partial charge in [-0.3, -0.25) is 14.5 Å². The minimum Gasteiger partial charge on any atom is -0.347 e. The molecule has 1 aliphatic rings. The molecular formula is C24H28N2O2. The fraction of sp³-hybridized carbons (Fsp3) is 0.333. The first-order valence-electron chi connectivity index (χ1n) is 9.79. The van der Waals surface area contributed by atoms with Crippen LogP contribution in [0.3, 0.4) is 0 Å². The van der Waals surface area contributed by atoms with Crippen molar-refractivity contribution in [3.05, 3.63) is 77.4 Å². The number of nitrogens with one attached hydrogen (secondary N) is 1. The summed E-state index contributed by atoms with van der Waals surface area (Å²) in [5, 5.41) is 3.10. The summed E-state index contributed by atoms with van der Waals surface area (Å²) in [6.07, 6.45) is 0. The molecule has 0 aliphatic carbocycles. The molecule has 1 unspecified atom stereocenters. The number of rotatable bonds is 6. The summed E-state index contributed by atoms with van der Waals surface area (Å²) >= 11 is 0. The Morgan fingerprint density at radius 2 is 1.54 bits per heavy atom. The van der Waals surface area contributed by atoms with Gasteiger partial charge in [-0.25, -0.2) is 0 Å². The third kappa shape index (κ3) is 3.86. The zero-order valence-electron chi connectivity index (χ0n) is 17.0. The Morgan fingerprint density at radius 3 is 2.07 bits per heavy atom. The van der Waals surface area contributed by atoms with E-state index in [0.717, 1.165) is 11.1 Å². The molecular weight excluding hydrogens is 348 g/mol. The van der Waals surface area contributed by atoms with Crippen molar-refractivity contribution >= 4 is 17.5 Å². The predicted octanol–water partition coefficient (Wildman–Crippen LogP) is 4.75. The fourth-order valence-corrected chi connectivity index (χ4v) is 3.59. The Kier molecular flexibility index (Phi) is 5.68. The molecule has 0 fully saturated rings. The highest BCUT2D eigenvalue weighted by Gasteiger charge is 2.32. The van der Waals surface area contributed by atoms with E-state index in [1.54, 1.807) is 6.07 Å². The summed E-state index contributed by atoms with van der Waals surface area (Å²) in [5.74, 6) is 0.338. The molecule has 4 nitrogen and oxygen atoms in total. The molecule has 0 radical (unpaired) electrons. The number of carbonyl (C=O) groups excluding carboxylic acids is 2. The first-order valence-corrected chi connectivity index (χ1v) is 9.79. The van der Waals surface area contributed by atoms with Gasteiger partial charge in [0, 0.05) is 16.8 Å². The lowest BCUT2D eigenvalue weighted by Gasteiger charge is -2.25. The van der Waals surface area contributed by atoms with E-state index in [-0.39, 0.29) is 30.3 Å². The molecule has 1 heterocycles. The first kappa shape index (κ1) is 19.9. The van der Waals surface area contributed by atoms with E-state index in [2.05, 4.69) is 63.9 Å². The molecule has 2 aromatic carbocycles. The molecule has 2 aromatic rings. The number of amides is 2. The summed E-state index contributed by atoms with van der Waals surface area (Å²) < 4.78 is 0. The average molecular weight is 377 g/mol. The molecule has 0 saturated carbocycles. The second-order valence-electron chi connectivity index (χ2n) is 7.99. The summed E-state index contributed by atoms with van der Waals surface area (Å²) in [6.45, 7) is 12.5. The van der Waals surface area contributed by atoms with Gasteiger partial charge in [-0.1, -0.05) is 76.7 Å². The Balaban J connectivity index is 1.72. The maximum absolute atomic E-state index is 12.8. The van der Waals surface area contributed by atoms with Crippen molar-refractivity contribution in [1.29, 1.82) is 0 Å². The number of benzene rings is 2. The Hall–Kier alpha value is -2.88. The normalized spacial score (nSPS) is 14.6. The number of carbonyl (C=O) groups is 2. The number of nitrogens with zero attached hydrogens (tertiary/aromatic N) is 1. The van der Waals surface area contributed by atoms with Crippen molar-refractivity contribution in [3.8, 4) is 0 Å². The van der Waals surface area contributed by atoms with Gasteiger partial charge < -0.3 is 5.32 Å². The van der Waals surface area contributed by atoms with Crippen LogP contribution in [-0.4, -0.2) is 23.3 Å². The monoisotopic (exact) mass is 376 g/mol. The van der Waals surface area contributed by atoms with Gasteiger partial charge in [-0.2, -0.15) is 0 Å². The van der Waals surface area contributed by atoms with E-state index < -0.39 is 0 Å². The maximum Gasteiger partial charge on any atom is 0.259 e. The van der Waals surface area contributed by atoms with E-state index in [9.17, 15) is 9.59 Å². The van der Waals surface area contributed by atoms with E-state index in [0.29, 0.717) is 17.2 Å². The van der Waals surface area contributed by atoms with Gasteiger partial charge in [-0.15, -0.1) is 0 Å². The van der Waals surface area contributed by atoms with Crippen molar-refractivity contribution < 1.29 is 9.59 Å². The molecule has 4 heteroatoms. The molecule has 0 spiro atoms. The van der Waals surface area contributed by atoms with Gasteiger partial charge in [0.1, 0.15) is 6.54 Å². The largest absolute Gasteiger partial charge is 0.347 e. The van der Waals surface area contributed by atoms with Gasteiger partial charge in [0.25, 0.3) is 5.91 Å². The van der Waals surface area contributed by atoms with E-state index in [4.69, 9.17) is 0 Å². The standard InChI is InChI=1S/C24H28N2O2/c1-15(2)18-10-12-19(13-11-18)23(16(3)4)25-22(27)14-26-17(5)20-8-6-7-9-21(20)24(26)28/h6-13,15-16,23H,5,14H2,1-4H3,(H,25,27). The zero-order chi connectivity index (χ0) is 20.4. The molecule has 0 aromatic heterocycles. The van der Waals surface area contributed by atoms with Crippen molar-refractivity contribution in [2.45, 2.75) is 39.7 Å². The quantitative estimate of drug-likeness (QED) is 0.791. The Labute approximate surface area is 167 Å². The summed E-state index contributed by atoms with van der Waals surface area (Å²) in [6, 6.07) is 15.6. The van der Waals surface area contributed by atoms with Crippen molar-refractivity contribution in [1.82, 2.24) is 10.2 Å². The smallest absolute Gasteiger partial charge is 0.259 e. The second-order valence-corrected chi connectivity index (χ2v) is 7.99. The third-order valence-electron chi connectivity index (χ3n) is 5.29. The maximum atomic E-state index is 12.8. The van der Waals surface area contributed by atoms with Crippen LogP contribution in [0.4, 0.5) is 0 Å². The van der Waals surface area contributed by atoms with Gasteiger partial charge in [0.05, 0.1) is 6.04 Å². The van der Waals surface area contributed by atoms with Gasteiger partial charge in [0.2, 0.25) is 5.91 Å². The Morgan fingerprint density at radius 1 is 0.964 bits per heavy atom. The van der Waals surface area contributed by atoms with E-state index in [1.165, 1.54) is 10.5 Å². The number of hydrogen-bond donors (Lipinski definition) is 1. The molecule has 2 amide bonds. The van der Waals surface area contributed by atoms with Crippen molar-refractivity contribution in [2.75, 3.05) is 6.54 Å². The number of hydrogen-bond acceptors (Lipinski definition) is 2. The molecule has 1 atom stereocenters. The third-order valence-corrected chi connectivity index (χ3v) is 5.29. The van der Waals surface area contributed by atoms with Gasteiger partial charge >= 0.3 is 0 Å². The van der Waals surface area contributed by atoms with Crippen LogP contribution in [0.1, 0.15) is 66.7 Å². The van der Waals surface area contributed by atoms with Crippen LogP contribution in [0.25, 0.3) is 5.70 Å². The fourth-order valence-electron chi connectivity index (χ4n) is 3.59. The van der Waals surface area contributed by atoms with E-state index in [1.807, 2.05) is 18.2 Å². The van der Waals surface area contributed by atoms with Crippen LogP contribution in [0.5, 0.6) is 0 Å². The highest BCUT2D eigenvalue weighted by Crippen LogP contribution is 2.31. The molecule has 28 heavy (non-hydrogen) atoms. The molecule has 0 saturated heterocycles. The average Bonchev–Trinajstić information content (AvgIpc) is 2.91. The molecule has 1 aliphatic heterocycles. The van der Waals surface area contributed by atoms with Crippen LogP contribution in [0.15, 0.2) is 55.1 Å². The molecule has 3 rings (SSSR count). The molecule has 0 bridgehead atoms. The predicted molar refractivity (Wildman–Crippen MR) is 113 cm³/mol. The minimum atomic E-state index is -0.186. The number of fused-ring (bicyclic) bond motifs is 1. The van der Waals surface area contributed by atoms with E-state index >= 15 is 0 Å². The molecule has 146 valence electrons. The van der Waals surface area contributed by atoms with Crippen LogP contribution in [-0.2, 0) is 4.79 Å². The van der Waals surface area contributed by atoms with Crippen LogP contribution in [0, 0.1) is 5.92 Å². The lowest BCUT2D eigenvalue weighted by Crippen LogP contribution is -2.40. The highest BCUT2D eigenvalue weighted by atomic mass is 16.2. The van der Waals surface area contributed by atoms with Crippen LogP contribution >= 0.6 is 0 Å². The highest BCUT2D eigenvalue weighted by molar-refractivity contribution is 6.10. The summed E-state index contributed by atoms with van der Waals surface area (Å²) in [7, 11) is 0. The van der Waals surface area contributed by atoms with Gasteiger partial charge in [0.15, 0.2) is 0 Å². The summed E-state index contributed by atoms with van der Waals surface area (Å²) in [4.78, 5) is 26.8. The first-order chi connectivity index (χ1) is 13.3. The topological polar surface area (TPSA) is 49.4 Å². The lowest BCUT2D eigenvalue weighted by atomic mass is 9.93. The summed E-state index contributed by atoms with van der Waals surface area (Å²) in [5.41, 5.74) is 4.32. The SMILES string of the molecule is C=C1c2ccccc2C(=O)N1CC(=O)NC(c1ccc(C(C)C)cc1)C(C)C. The second kappa shape index (κ2) is 8.01. The van der Waals surface area contributed by atoms with Crippen LogP contribution < -0.4 is 5.32 Å².